The highest BCUT2D eigenvalue weighted by Crippen LogP contribution is 2.19. The topological polar surface area (TPSA) is 166 Å². The first-order valence-electron chi connectivity index (χ1n) is 10.1. The summed E-state index contributed by atoms with van der Waals surface area (Å²) >= 11 is 1.57. The van der Waals surface area contributed by atoms with Gasteiger partial charge in [0.25, 0.3) is 0 Å². The van der Waals surface area contributed by atoms with Crippen molar-refractivity contribution >= 4 is 46.4 Å². The lowest BCUT2D eigenvalue weighted by Crippen LogP contribution is -2.55. The van der Waals surface area contributed by atoms with Crippen LogP contribution in [-0.4, -0.2) is 70.5 Å². The maximum absolute atomic E-state index is 12.7. The van der Waals surface area contributed by atoms with E-state index < -0.39 is 48.4 Å². The van der Waals surface area contributed by atoms with Gasteiger partial charge >= 0.3 is 5.97 Å². The monoisotopic (exact) mass is 463 g/mol. The van der Waals surface area contributed by atoms with E-state index >= 15 is 0 Å². The Labute approximate surface area is 190 Å². The molecule has 32 heavy (non-hydrogen) atoms. The molecule has 0 aliphatic carbocycles. The number of nitrogens with one attached hydrogen (secondary N) is 4. The smallest absolute Gasteiger partial charge is 0.322 e. The Morgan fingerprint density at radius 1 is 1.12 bits per heavy atom. The molecule has 0 saturated carbocycles. The van der Waals surface area contributed by atoms with Crippen LogP contribution in [0.5, 0.6) is 0 Å². The number of carboxylic acid groups (broad SMARTS) is 1. The molecule has 1 heterocycles. The highest BCUT2D eigenvalue weighted by Gasteiger charge is 2.26. The molecule has 0 saturated heterocycles. The first-order chi connectivity index (χ1) is 15.2. The number of aromatic amines is 1. The highest BCUT2D eigenvalue weighted by molar-refractivity contribution is 7.98. The molecular weight excluding hydrogens is 434 g/mol. The summed E-state index contributed by atoms with van der Waals surface area (Å²) in [4.78, 5) is 51.4. The van der Waals surface area contributed by atoms with E-state index in [0.717, 1.165) is 16.5 Å². The average molecular weight is 464 g/mol. The van der Waals surface area contributed by atoms with E-state index in [9.17, 15) is 19.2 Å². The van der Waals surface area contributed by atoms with E-state index in [0.29, 0.717) is 12.2 Å². The fourth-order valence-electron chi connectivity index (χ4n) is 3.07. The molecule has 0 radical (unpaired) electrons. The lowest BCUT2D eigenvalue weighted by Gasteiger charge is -2.22. The zero-order valence-electron chi connectivity index (χ0n) is 18.0. The normalized spacial score (nSPS) is 13.7. The van der Waals surface area contributed by atoms with Gasteiger partial charge in [-0.3, -0.25) is 19.2 Å². The zero-order chi connectivity index (χ0) is 23.7. The molecule has 174 valence electrons. The maximum Gasteiger partial charge on any atom is 0.322 e. The maximum atomic E-state index is 12.7. The molecule has 7 N–H and O–H groups in total. The molecule has 3 atom stereocenters. The van der Waals surface area contributed by atoms with Gasteiger partial charge in [-0.15, -0.1) is 0 Å². The number of nitrogens with two attached hydrogens (primary N) is 1. The van der Waals surface area contributed by atoms with Crippen LogP contribution in [0.1, 0.15) is 18.9 Å². The third-order valence-corrected chi connectivity index (χ3v) is 5.51. The highest BCUT2D eigenvalue weighted by atomic mass is 32.2. The number of carboxylic acids is 1. The van der Waals surface area contributed by atoms with Crippen molar-refractivity contribution in [3.05, 3.63) is 36.0 Å². The summed E-state index contributed by atoms with van der Waals surface area (Å²) in [6.07, 6.45) is 4.26. The number of hydrogen-bond donors (Lipinski definition) is 6. The van der Waals surface area contributed by atoms with E-state index in [1.165, 1.54) is 6.92 Å². The second-order valence-electron chi connectivity index (χ2n) is 7.35. The number of carbonyl (C=O) groups excluding carboxylic acids is 3. The summed E-state index contributed by atoms with van der Waals surface area (Å²) in [6, 6.07) is 4.79. The summed E-state index contributed by atoms with van der Waals surface area (Å²) in [5.74, 6) is -2.15. The number of carbonyl (C=O) groups is 4. The van der Waals surface area contributed by atoms with Gasteiger partial charge in [-0.1, -0.05) is 18.2 Å². The molecule has 0 bridgehead atoms. The minimum Gasteiger partial charge on any atom is -0.480 e. The number of para-hydroxylation sites is 1. The Hall–Kier alpha value is -3.05. The van der Waals surface area contributed by atoms with E-state index in [1.807, 2.05) is 30.5 Å². The standard InChI is InChI=1S/C21H29N5O5S/c1-12(25-20(30)15(22)7-8-32-2)19(29)26-17(21(31)24-11-18(27)28)9-13-10-23-16-6-4-3-5-14(13)16/h3-6,10,12,15,17,23H,7-9,11,22H2,1-2H3,(H,24,31)(H,25,30)(H,26,29)(H,27,28). The fraction of sp³-hybridized carbons (Fsp3) is 0.429. The molecule has 0 spiro atoms. The first kappa shape index (κ1) is 25.2. The van der Waals surface area contributed by atoms with Gasteiger partial charge in [0.2, 0.25) is 17.7 Å². The number of H-pyrrole nitrogens is 1. The van der Waals surface area contributed by atoms with Crippen LogP contribution in [0.25, 0.3) is 10.9 Å². The third kappa shape index (κ3) is 7.27. The Morgan fingerprint density at radius 2 is 1.84 bits per heavy atom. The summed E-state index contributed by atoms with van der Waals surface area (Å²) in [6.45, 7) is 0.919. The third-order valence-electron chi connectivity index (χ3n) is 4.87. The Morgan fingerprint density at radius 3 is 2.53 bits per heavy atom. The van der Waals surface area contributed by atoms with Crippen LogP contribution in [0, 0.1) is 0 Å². The van der Waals surface area contributed by atoms with Crippen molar-refractivity contribution in [1.29, 1.82) is 0 Å². The van der Waals surface area contributed by atoms with Crippen LogP contribution < -0.4 is 21.7 Å². The number of fused-ring (bicyclic) bond motifs is 1. The van der Waals surface area contributed by atoms with Gasteiger partial charge in [0.15, 0.2) is 0 Å². The molecule has 11 heteroatoms. The number of amides is 3. The van der Waals surface area contributed by atoms with Crippen LogP contribution >= 0.6 is 11.8 Å². The van der Waals surface area contributed by atoms with Crippen molar-refractivity contribution < 1.29 is 24.3 Å². The molecule has 3 unspecified atom stereocenters. The Kier molecular flexibility index (Phi) is 9.54. The molecule has 0 aliphatic heterocycles. The SMILES string of the molecule is CSCCC(N)C(=O)NC(C)C(=O)NC(Cc1c[nH]c2ccccc12)C(=O)NCC(=O)O. The van der Waals surface area contributed by atoms with Crippen molar-refractivity contribution in [2.75, 3.05) is 18.6 Å². The Balaban J connectivity index is 2.09. The molecule has 3 amide bonds. The molecule has 1 aromatic carbocycles. The molecule has 1 aromatic heterocycles. The van der Waals surface area contributed by atoms with Crippen molar-refractivity contribution in [2.24, 2.45) is 5.73 Å². The summed E-state index contributed by atoms with van der Waals surface area (Å²) in [7, 11) is 0. The Bertz CT molecular complexity index is 963. The van der Waals surface area contributed by atoms with E-state index in [1.54, 1.807) is 18.0 Å². The largest absolute Gasteiger partial charge is 0.480 e. The summed E-state index contributed by atoms with van der Waals surface area (Å²) in [5.41, 5.74) is 7.49. The van der Waals surface area contributed by atoms with Crippen LogP contribution in [0.3, 0.4) is 0 Å². The predicted molar refractivity (Wildman–Crippen MR) is 123 cm³/mol. The predicted octanol–water partition coefficient (Wildman–Crippen LogP) is -0.0189. The lowest BCUT2D eigenvalue weighted by molar-refractivity contribution is -0.138. The number of rotatable bonds is 12. The number of benzene rings is 1. The van der Waals surface area contributed by atoms with Gasteiger partial charge in [-0.25, -0.2) is 0 Å². The lowest BCUT2D eigenvalue weighted by atomic mass is 10.0. The van der Waals surface area contributed by atoms with Gasteiger partial charge in [0.05, 0.1) is 6.04 Å². The van der Waals surface area contributed by atoms with Crippen molar-refractivity contribution in [2.45, 2.75) is 37.9 Å². The quantitative estimate of drug-likeness (QED) is 0.257. The second-order valence-corrected chi connectivity index (χ2v) is 8.34. The number of thioether (sulfide) groups is 1. The second kappa shape index (κ2) is 12.1. The molecule has 2 aromatic rings. The first-order valence-corrected chi connectivity index (χ1v) is 11.5. The van der Waals surface area contributed by atoms with Crippen LogP contribution in [-0.2, 0) is 25.6 Å². The molecule has 0 fully saturated rings. The summed E-state index contributed by atoms with van der Waals surface area (Å²) in [5, 5.41) is 17.2. The fourth-order valence-corrected chi connectivity index (χ4v) is 3.56. The van der Waals surface area contributed by atoms with Gasteiger partial charge in [-0.2, -0.15) is 11.8 Å². The van der Waals surface area contributed by atoms with Gasteiger partial charge in [0, 0.05) is 23.5 Å². The minimum absolute atomic E-state index is 0.134. The van der Waals surface area contributed by atoms with Crippen LogP contribution in [0.15, 0.2) is 30.5 Å². The van der Waals surface area contributed by atoms with Crippen molar-refractivity contribution in [3.8, 4) is 0 Å². The minimum atomic E-state index is -1.20. The number of hydrogen-bond acceptors (Lipinski definition) is 6. The average Bonchev–Trinajstić information content (AvgIpc) is 3.17. The molecule has 0 aliphatic rings. The van der Waals surface area contributed by atoms with Gasteiger partial charge in [-0.05, 0) is 37.0 Å². The molecular formula is C21H29N5O5S. The van der Waals surface area contributed by atoms with E-state index in [2.05, 4.69) is 20.9 Å². The summed E-state index contributed by atoms with van der Waals surface area (Å²) < 4.78 is 0. The van der Waals surface area contributed by atoms with Gasteiger partial charge in [0.1, 0.15) is 18.6 Å². The molecule has 2 rings (SSSR count). The van der Waals surface area contributed by atoms with E-state index in [4.69, 9.17) is 10.8 Å². The molecule has 10 nitrogen and oxygen atoms in total. The van der Waals surface area contributed by atoms with Crippen molar-refractivity contribution in [1.82, 2.24) is 20.9 Å². The van der Waals surface area contributed by atoms with Crippen molar-refractivity contribution in [3.63, 3.8) is 0 Å². The zero-order valence-corrected chi connectivity index (χ0v) is 18.8. The number of aromatic nitrogens is 1. The van der Waals surface area contributed by atoms with Crippen LogP contribution in [0.2, 0.25) is 0 Å². The van der Waals surface area contributed by atoms with Gasteiger partial charge < -0.3 is 31.8 Å². The van der Waals surface area contributed by atoms with E-state index in [-0.39, 0.29) is 6.42 Å². The number of aliphatic carboxylic acids is 1. The van der Waals surface area contributed by atoms with Crippen LogP contribution in [0.4, 0.5) is 0 Å².